The highest BCUT2D eigenvalue weighted by molar-refractivity contribution is 7.80. The lowest BCUT2D eigenvalue weighted by molar-refractivity contribution is -0.194. The highest BCUT2D eigenvalue weighted by atomic mass is 32.3. The summed E-state index contributed by atoms with van der Waals surface area (Å²) in [5.41, 5.74) is 1.80. The van der Waals surface area contributed by atoms with Gasteiger partial charge in [-0.1, -0.05) is 0 Å². The van der Waals surface area contributed by atoms with Gasteiger partial charge in [0.25, 0.3) is 5.91 Å². The van der Waals surface area contributed by atoms with Crippen LogP contribution in [0.3, 0.4) is 0 Å². The Morgan fingerprint density at radius 1 is 1.42 bits per heavy atom. The first-order chi connectivity index (χ1) is 12.3. The number of hydrogen-bond acceptors (Lipinski definition) is 8. The molecular weight excluding hydrogens is 372 g/mol. The quantitative estimate of drug-likeness (QED) is 0.358. The summed E-state index contributed by atoms with van der Waals surface area (Å²) in [6.07, 6.45) is 0.918. The Balaban J connectivity index is 1.50. The predicted octanol–water partition coefficient (Wildman–Crippen LogP) is -1.97. The summed E-state index contributed by atoms with van der Waals surface area (Å²) in [6.45, 7) is 2.06. The number of carbonyl (C=O) groups excluding carboxylic acids is 2. The third-order valence-corrected chi connectivity index (χ3v) is 5.72. The second kappa shape index (κ2) is 6.28. The van der Waals surface area contributed by atoms with Crippen molar-refractivity contribution < 1.29 is 36.4 Å². The molecule has 3 N–H and O–H groups in total. The molecule has 12 nitrogen and oxygen atoms in total. The number of fused-ring (bicyclic) bond motifs is 3. The van der Waals surface area contributed by atoms with E-state index in [9.17, 15) is 18.0 Å². The van der Waals surface area contributed by atoms with Crippen LogP contribution in [-0.4, -0.2) is 85.9 Å². The fraction of sp³-hybridized carbons (Fsp3) is 0.846. The first-order valence-corrected chi connectivity index (χ1v) is 9.66. The molecule has 3 amide bonds. The van der Waals surface area contributed by atoms with Crippen molar-refractivity contribution in [3.63, 3.8) is 0 Å². The number of carbonyl (C=O) groups is 2. The zero-order valence-electron chi connectivity index (χ0n) is 13.8. The zero-order chi connectivity index (χ0) is 18.5. The van der Waals surface area contributed by atoms with E-state index in [1.54, 1.807) is 0 Å². The van der Waals surface area contributed by atoms with Gasteiger partial charge in [-0.3, -0.25) is 14.2 Å². The Kier molecular flexibility index (Phi) is 4.32. The van der Waals surface area contributed by atoms with E-state index in [0.717, 1.165) is 13.0 Å². The molecule has 4 heterocycles. The van der Waals surface area contributed by atoms with Gasteiger partial charge in [0.05, 0.1) is 25.4 Å². The molecule has 0 aromatic carbocycles. The topological polar surface area (TPSA) is 147 Å². The minimum absolute atomic E-state index is 0.0980. The molecule has 3 atom stereocenters. The summed E-state index contributed by atoms with van der Waals surface area (Å²) < 4.78 is 40.9. The van der Waals surface area contributed by atoms with E-state index in [2.05, 4.69) is 15.1 Å². The van der Waals surface area contributed by atoms with Gasteiger partial charge in [0.15, 0.2) is 0 Å². The second-order valence-electron chi connectivity index (χ2n) is 7.05. The van der Waals surface area contributed by atoms with E-state index in [4.69, 9.17) is 14.1 Å². The minimum Gasteiger partial charge on any atom is -0.380 e. The molecule has 4 rings (SSSR count). The molecule has 13 heteroatoms. The van der Waals surface area contributed by atoms with E-state index in [0.29, 0.717) is 11.6 Å². The summed E-state index contributed by atoms with van der Waals surface area (Å²) in [6, 6.07) is -2.26. The first kappa shape index (κ1) is 17.9. The fourth-order valence-corrected chi connectivity index (χ4v) is 4.34. The average molecular weight is 392 g/mol. The van der Waals surface area contributed by atoms with Gasteiger partial charge in [-0.2, -0.15) is 13.5 Å². The lowest BCUT2D eigenvalue weighted by Gasteiger charge is -2.50. The van der Waals surface area contributed by atoms with Crippen LogP contribution in [0.15, 0.2) is 0 Å². The van der Waals surface area contributed by atoms with Crippen molar-refractivity contribution in [2.75, 3.05) is 32.8 Å². The SMILES string of the molecule is O=C(NOC1CCNC1)[C@@H]1CC2(COC2)[C@@H]2CN1C(=O)N2OS(=O)(=O)O. The van der Waals surface area contributed by atoms with E-state index in [-0.39, 0.29) is 32.3 Å². The summed E-state index contributed by atoms with van der Waals surface area (Å²) in [4.78, 5) is 31.7. The summed E-state index contributed by atoms with van der Waals surface area (Å²) >= 11 is 0. The van der Waals surface area contributed by atoms with Crippen molar-refractivity contribution in [1.82, 2.24) is 20.8 Å². The van der Waals surface area contributed by atoms with Gasteiger partial charge in [0.1, 0.15) is 6.04 Å². The van der Waals surface area contributed by atoms with Crippen molar-refractivity contribution in [2.45, 2.75) is 31.0 Å². The molecule has 0 radical (unpaired) electrons. The van der Waals surface area contributed by atoms with Crippen molar-refractivity contribution in [2.24, 2.45) is 5.41 Å². The molecule has 0 aromatic heterocycles. The van der Waals surface area contributed by atoms with Gasteiger partial charge in [-0.25, -0.2) is 10.3 Å². The van der Waals surface area contributed by atoms with Gasteiger partial charge >= 0.3 is 16.4 Å². The van der Waals surface area contributed by atoms with E-state index < -0.39 is 39.8 Å². The van der Waals surface area contributed by atoms with E-state index in [1.807, 2.05) is 0 Å². The number of hydrogen-bond donors (Lipinski definition) is 3. The minimum atomic E-state index is -4.87. The molecule has 0 saturated carbocycles. The van der Waals surface area contributed by atoms with Crippen LogP contribution in [0.2, 0.25) is 0 Å². The predicted molar refractivity (Wildman–Crippen MR) is 82.5 cm³/mol. The van der Waals surface area contributed by atoms with Gasteiger partial charge in [0, 0.05) is 18.5 Å². The molecule has 4 saturated heterocycles. The number of piperidine rings is 1. The van der Waals surface area contributed by atoms with E-state index in [1.165, 1.54) is 4.90 Å². The lowest BCUT2D eigenvalue weighted by Crippen LogP contribution is -2.63. The molecule has 4 aliphatic heterocycles. The van der Waals surface area contributed by atoms with Crippen LogP contribution in [0.1, 0.15) is 12.8 Å². The fourth-order valence-electron chi connectivity index (χ4n) is 3.96. The highest BCUT2D eigenvalue weighted by Gasteiger charge is 2.63. The maximum Gasteiger partial charge on any atom is 0.418 e. The van der Waals surface area contributed by atoms with Crippen LogP contribution in [0.25, 0.3) is 0 Å². The lowest BCUT2D eigenvalue weighted by atomic mass is 9.71. The Hall–Kier alpha value is -1.51. The zero-order valence-corrected chi connectivity index (χ0v) is 14.6. The molecule has 2 bridgehead atoms. The Labute approximate surface area is 149 Å². The average Bonchev–Trinajstić information content (AvgIpc) is 3.14. The Morgan fingerprint density at radius 3 is 2.77 bits per heavy atom. The molecule has 0 aromatic rings. The van der Waals surface area contributed by atoms with Crippen LogP contribution < -0.4 is 10.8 Å². The Bertz CT molecular complexity index is 705. The second-order valence-corrected chi connectivity index (χ2v) is 8.06. The van der Waals surface area contributed by atoms with Crippen LogP contribution in [0.4, 0.5) is 4.79 Å². The van der Waals surface area contributed by atoms with Crippen LogP contribution in [0, 0.1) is 5.41 Å². The number of amides is 3. The smallest absolute Gasteiger partial charge is 0.380 e. The van der Waals surface area contributed by atoms with Crippen LogP contribution in [0.5, 0.6) is 0 Å². The molecule has 26 heavy (non-hydrogen) atoms. The molecule has 4 fully saturated rings. The molecule has 4 aliphatic rings. The standard InChI is InChI=1S/C13H20N4O8S/c18-11(15-24-8-1-2-14-4-8)9-3-13(6-23-7-13)10-5-16(9)12(19)17(10)25-26(20,21)22/h8-10,14H,1-7H2,(H,15,18)(H,20,21,22)/t8?,9-,10-/m0/s1. The van der Waals surface area contributed by atoms with Gasteiger partial charge in [0.2, 0.25) is 0 Å². The highest BCUT2D eigenvalue weighted by Crippen LogP contribution is 2.47. The molecule has 146 valence electrons. The van der Waals surface area contributed by atoms with Crippen LogP contribution >= 0.6 is 0 Å². The van der Waals surface area contributed by atoms with Crippen molar-refractivity contribution in [3.8, 4) is 0 Å². The van der Waals surface area contributed by atoms with Gasteiger partial charge < -0.3 is 15.0 Å². The first-order valence-electron chi connectivity index (χ1n) is 8.30. The Morgan fingerprint density at radius 2 is 2.19 bits per heavy atom. The summed E-state index contributed by atoms with van der Waals surface area (Å²) in [7, 11) is -4.87. The van der Waals surface area contributed by atoms with Crippen LogP contribution in [-0.2, 0) is 29.1 Å². The maximum absolute atomic E-state index is 12.6. The third-order valence-electron chi connectivity index (χ3n) is 5.37. The molecule has 1 unspecified atom stereocenters. The number of urea groups is 1. The van der Waals surface area contributed by atoms with Crippen molar-refractivity contribution in [3.05, 3.63) is 0 Å². The van der Waals surface area contributed by atoms with Crippen molar-refractivity contribution >= 4 is 22.3 Å². The molecular formula is C13H20N4O8S. The summed E-state index contributed by atoms with van der Waals surface area (Å²) in [5, 5.41) is 3.74. The number of nitrogens with one attached hydrogen (secondary N) is 2. The molecule has 1 spiro atoms. The number of nitrogens with zero attached hydrogens (tertiary/aromatic N) is 2. The molecule has 0 aliphatic carbocycles. The summed E-state index contributed by atoms with van der Waals surface area (Å²) in [5.74, 6) is -0.483. The van der Waals surface area contributed by atoms with Crippen molar-refractivity contribution in [1.29, 1.82) is 0 Å². The number of ether oxygens (including phenoxy) is 1. The third kappa shape index (κ3) is 3.04. The maximum atomic E-state index is 12.6. The largest absolute Gasteiger partial charge is 0.418 e. The monoisotopic (exact) mass is 392 g/mol. The van der Waals surface area contributed by atoms with E-state index >= 15 is 0 Å². The normalized spacial score (nSPS) is 32.8. The van der Waals surface area contributed by atoms with Gasteiger partial charge in [-0.05, 0) is 19.4 Å². The number of hydroxylamine groups is 3. The van der Waals surface area contributed by atoms with Gasteiger partial charge in [-0.15, -0.1) is 4.28 Å². The number of rotatable bonds is 5.